The van der Waals surface area contributed by atoms with Gasteiger partial charge in [0.25, 0.3) is 0 Å². The van der Waals surface area contributed by atoms with Crippen molar-refractivity contribution >= 4 is 11.9 Å². The molecule has 1 aliphatic carbocycles. The Kier molecular flexibility index (Phi) is 2.40. The molecule has 1 heterocycles. The molecule has 6 heteroatoms. The van der Waals surface area contributed by atoms with Gasteiger partial charge in [0, 0.05) is 24.9 Å². The van der Waals surface area contributed by atoms with E-state index in [2.05, 4.69) is 0 Å². The molecule has 1 N–H and O–H groups in total. The minimum Gasteiger partial charge on any atom is -0.465 e. The van der Waals surface area contributed by atoms with Crippen LogP contribution in [0.15, 0.2) is 0 Å². The summed E-state index contributed by atoms with van der Waals surface area (Å²) >= 11 is 0. The van der Waals surface area contributed by atoms with Crippen LogP contribution < -0.4 is 0 Å². The lowest BCUT2D eigenvalue weighted by Gasteiger charge is -2.36. The fourth-order valence-electron chi connectivity index (χ4n) is 2.61. The lowest BCUT2D eigenvalue weighted by molar-refractivity contribution is -0.147. The lowest BCUT2D eigenvalue weighted by atomic mass is 9.76. The van der Waals surface area contributed by atoms with Crippen LogP contribution in [-0.4, -0.2) is 40.9 Å². The number of halogens is 2. The van der Waals surface area contributed by atoms with E-state index in [4.69, 9.17) is 5.11 Å². The number of hydrogen-bond acceptors (Lipinski definition) is 2. The standard InChI is InChI=1S/C10H13F2NO3/c11-10(12)2-1-9(7(10)14)3-5-13(6-4-9)8(15)16/h1-6H2,(H,15,16). The zero-order chi connectivity index (χ0) is 12.0. The van der Waals surface area contributed by atoms with Crippen molar-refractivity contribution < 1.29 is 23.5 Å². The largest absolute Gasteiger partial charge is 0.465 e. The Bertz CT molecular complexity index is 335. The average Bonchev–Trinajstić information content (AvgIpc) is 2.45. The van der Waals surface area contributed by atoms with Crippen molar-refractivity contribution in [1.82, 2.24) is 4.90 Å². The van der Waals surface area contributed by atoms with Gasteiger partial charge in [0.05, 0.1) is 0 Å². The Morgan fingerprint density at radius 1 is 1.19 bits per heavy atom. The van der Waals surface area contributed by atoms with Gasteiger partial charge in [0.2, 0.25) is 5.78 Å². The van der Waals surface area contributed by atoms with Gasteiger partial charge >= 0.3 is 12.0 Å². The van der Waals surface area contributed by atoms with Gasteiger partial charge in [-0.25, -0.2) is 4.79 Å². The number of carboxylic acid groups (broad SMARTS) is 1. The van der Waals surface area contributed by atoms with E-state index < -0.39 is 23.2 Å². The van der Waals surface area contributed by atoms with Crippen molar-refractivity contribution in [3.8, 4) is 0 Å². The summed E-state index contributed by atoms with van der Waals surface area (Å²) in [5, 5.41) is 8.73. The van der Waals surface area contributed by atoms with Gasteiger partial charge in [-0.15, -0.1) is 0 Å². The molecule has 0 aromatic rings. The lowest BCUT2D eigenvalue weighted by Crippen LogP contribution is -2.46. The Morgan fingerprint density at radius 2 is 1.75 bits per heavy atom. The van der Waals surface area contributed by atoms with Crippen LogP contribution in [0, 0.1) is 5.41 Å². The number of amides is 1. The van der Waals surface area contributed by atoms with Gasteiger partial charge in [-0.3, -0.25) is 4.79 Å². The summed E-state index contributed by atoms with van der Waals surface area (Å²) in [5.41, 5.74) is -0.963. The van der Waals surface area contributed by atoms with Crippen LogP contribution in [0.3, 0.4) is 0 Å². The number of hydrogen-bond donors (Lipinski definition) is 1. The fourth-order valence-corrected chi connectivity index (χ4v) is 2.61. The first-order valence-corrected chi connectivity index (χ1v) is 5.28. The number of alkyl halides is 2. The molecule has 16 heavy (non-hydrogen) atoms. The van der Waals surface area contributed by atoms with E-state index in [1.54, 1.807) is 0 Å². The van der Waals surface area contributed by atoms with Gasteiger partial charge in [-0.1, -0.05) is 0 Å². The highest BCUT2D eigenvalue weighted by molar-refractivity contribution is 5.93. The van der Waals surface area contributed by atoms with Crippen LogP contribution >= 0.6 is 0 Å². The van der Waals surface area contributed by atoms with E-state index in [-0.39, 0.29) is 38.8 Å². The van der Waals surface area contributed by atoms with Crippen LogP contribution in [0.1, 0.15) is 25.7 Å². The third kappa shape index (κ3) is 1.56. The third-order valence-corrected chi connectivity index (χ3v) is 3.72. The molecular formula is C10H13F2NO3. The molecule has 1 saturated heterocycles. The topological polar surface area (TPSA) is 57.6 Å². The van der Waals surface area contributed by atoms with E-state index in [1.165, 1.54) is 4.90 Å². The zero-order valence-electron chi connectivity index (χ0n) is 8.71. The molecule has 1 amide bonds. The first kappa shape index (κ1) is 11.3. The molecule has 0 radical (unpaired) electrons. The number of likely N-dealkylation sites (tertiary alicyclic amines) is 1. The quantitative estimate of drug-likeness (QED) is 0.693. The van der Waals surface area contributed by atoms with Gasteiger partial charge in [0.15, 0.2) is 0 Å². The van der Waals surface area contributed by atoms with Crippen molar-refractivity contribution in [2.45, 2.75) is 31.6 Å². The fraction of sp³-hybridized carbons (Fsp3) is 0.800. The van der Waals surface area contributed by atoms with Gasteiger partial charge in [-0.05, 0) is 19.3 Å². The highest BCUT2D eigenvalue weighted by Crippen LogP contribution is 2.49. The molecule has 0 aromatic heterocycles. The number of Topliss-reactive ketones (excluding diaryl/α,β-unsaturated/α-hetero) is 1. The first-order valence-electron chi connectivity index (χ1n) is 5.28. The second kappa shape index (κ2) is 3.40. The molecule has 1 saturated carbocycles. The maximum absolute atomic E-state index is 13.1. The minimum absolute atomic E-state index is 0.178. The monoisotopic (exact) mass is 233 g/mol. The van der Waals surface area contributed by atoms with E-state index in [0.717, 1.165) is 0 Å². The summed E-state index contributed by atoms with van der Waals surface area (Å²) in [4.78, 5) is 23.4. The van der Waals surface area contributed by atoms with E-state index in [0.29, 0.717) is 0 Å². The van der Waals surface area contributed by atoms with Crippen molar-refractivity contribution in [2.24, 2.45) is 5.41 Å². The molecule has 0 atom stereocenters. The predicted molar refractivity (Wildman–Crippen MR) is 50.5 cm³/mol. The molecule has 4 nitrogen and oxygen atoms in total. The Balaban J connectivity index is 2.09. The van der Waals surface area contributed by atoms with Gasteiger partial charge < -0.3 is 10.0 Å². The summed E-state index contributed by atoms with van der Waals surface area (Å²) in [7, 11) is 0. The number of ketones is 1. The maximum Gasteiger partial charge on any atom is 0.407 e. The number of rotatable bonds is 0. The average molecular weight is 233 g/mol. The summed E-state index contributed by atoms with van der Waals surface area (Å²) < 4.78 is 26.3. The maximum atomic E-state index is 13.1. The minimum atomic E-state index is -3.20. The van der Waals surface area contributed by atoms with Crippen molar-refractivity contribution in [3.63, 3.8) is 0 Å². The SMILES string of the molecule is O=C(O)N1CCC2(CC1)CCC(F)(F)C2=O. The Labute approximate surface area is 91.2 Å². The van der Waals surface area contributed by atoms with E-state index in [9.17, 15) is 18.4 Å². The normalized spacial score (nSPS) is 27.4. The summed E-state index contributed by atoms with van der Waals surface area (Å²) in [5.74, 6) is -4.18. The first-order chi connectivity index (χ1) is 7.37. The highest BCUT2D eigenvalue weighted by atomic mass is 19.3. The highest BCUT2D eigenvalue weighted by Gasteiger charge is 2.58. The molecule has 1 aliphatic heterocycles. The van der Waals surface area contributed by atoms with Crippen LogP contribution in [0.4, 0.5) is 13.6 Å². The molecule has 0 aromatic carbocycles. The van der Waals surface area contributed by atoms with E-state index >= 15 is 0 Å². The summed E-state index contributed by atoms with van der Waals surface area (Å²) in [6, 6.07) is 0. The predicted octanol–water partition coefficient (Wildman–Crippen LogP) is 1.74. The van der Waals surface area contributed by atoms with Crippen molar-refractivity contribution in [1.29, 1.82) is 0 Å². The number of carbonyl (C=O) groups excluding carboxylic acids is 1. The Morgan fingerprint density at radius 3 is 2.12 bits per heavy atom. The van der Waals surface area contributed by atoms with Crippen LogP contribution in [0.5, 0.6) is 0 Å². The molecule has 2 rings (SSSR count). The number of carbonyl (C=O) groups is 2. The third-order valence-electron chi connectivity index (χ3n) is 3.72. The molecule has 1 spiro atoms. The molecule has 0 unspecified atom stereocenters. The van der Waals surface area contributed by atoms with E-state index in [1.807, 2.05) is 0 Å². The second-order valence-corrected chi connectivity index (χ2v) is 4.58. The summed E-state index contributed by atoms with van der Waals surface area (Å²) in [6.07, 6.45) is -0.792. The molecule has 2 aliphatic rings. The smallest absolute Gasteiger partial charge is 0.407 e. The second-order valence-electron chi connectivity index (χ2n) is 4.58. The molecule has 2 fully saturated rings. The zero-order valence-corrected chi connectivity index (χ0v) is 8.71. The van der Waals surface area contributed by atoms with Gasteiger partial charge in [0.1, 0.15) is 0 Å². The van der Waals surface area contributed by atoms with Crippen molar-refractivity contribution in [3.05, 3.63) is 0 Å². The molecule has 0 bridgehead atoms. The molecular weight excluding hydrogens is 220 g/mol. The van der Waals surface area contributed by atoms with Crippen LogP contribution in [-0.2, 0) is 4.79 Å². The molecule has 90 valence electrons. The Hall–Kier alpha value is -1.20. The number of nitrogens with zero attached hydrogens (tertiary/aromatic N) is 1. The van der Waals surface area contributed by atoms with Crippen LogP contribution in [0.25, 0.3) is 0 Å². The number of piperidine rings is 1. The van der Waals surface area contributed by atoms with Crippen LogP contribution in [0.2, 0.25) is 0 Å². The summed E-state index contributed by atoms with van der Waals surface area (Å²) in [6.45, 7) is 0.355. The van der Waals surface area contributed by atoms with Crippen molar-refractivity contribution in [2.75, 3.05) is 13.1 Å². The van der Waals surface area contributed by atoms with Gasteiger partial charge in [-0.2, -0.15) is 8.78 Å².